The minimum absolute atomic E-state index is 0.467. The molecule has 2 aromatic rings. The second-order valence-corrected chi connectivity index (χ2v) is 6.76. The molecule has 3 aliphatic carbocycles. The smallest absolute Gasteiger partial charge is 0.0317 e. The first-order chi connectivity index (χ1) is 11.4. The van der Waals surface area contributed by atoms with Crippen LogP contribution >= 0.6 is 0 Å². The summed E-state index contributed by atoms with van der Waals surface area (Å²) in [7, 11) is 0. The van der Waals surface area contributed by atoms with Gasteiger partial charge in [-0.15, -0.1) is 0 Å². The van der Waals surface area contributed by atoms with E-state index in [4.69, 9.17) is 0 Å². The Morgan fingerprint density at radius 2 is 1.70 bits per heavy atom. The van der Waals surface area contributed by atoms with Gasteiger partial charge in [-0.2, -0.15) is 0 Å². The fourth-order valence-electron chi connectivity index (χ4n) is 4.51. The van der Waals surface area contributed by atoms with E-state index in [-0.39, 0.29) is 0 Å². The van der Waals surface area contributed by atoms with E-state index in [0.29, 0.717) is 5.92 Å². The first kappa shape index (κ1) is 13.1. The van der Waals surface area contributed by atoms with E-state index in [2.05, 4.69) is 66.8 Å². The van der Waals surface area contributed by atoms with E-state index >= 15 is 0 Å². The van der Waals surface area contributed by atoms with Crippen molar-refractivity contribution >= 4 is 5.57 Å². The van der Waals surface area contributed by atoms with Crippen LogP contribution in [0.5, 0.6) is 0 Å². The molecule has 23 heavy (non-hydrogen) atoms. The lowest BCUT2D eigenvalue weighted by Gasteiger charge is -2.19. The van der Waals surface area contributed by atoms with Crippen LogP contribution in [0.15, 0.2) is 72.3 Å². The van der Waals surface area contributed by atoms with Crippen molar-refractivity contribution < 1.29 is 0 Å². The highest BCUT2D eigenvalue weighted by Gasteiger charge is 2.33. The molecule has 0 N–H and O–H groups in total. The van der Waals surface area contributed by atoms with E-state index < -0.39 is 0 Å². The van der Waals surface area contributed by atoms with Crippen molar-refractivity contribution in [2.24, 2.45) is 0 Å². The van der Waals surface area contributed by atoms with Gasteiger partial charge in [-0.3, -0.25) is 0 Å². The second kappa shape index (κ2) is 5.09. The van der Waals surface area contributed by atoms with Crippen molar-refractivity contribution in [1.82, 2.24) is 0 Å². The Morgan fingerprint density at radius 1 is 0.826 bits per heavy atom. The highest BCUT2D eigenvalue weighted by Crippen LogP contribution is 2.52. The molecule has 1 atom stereocenters. The van der Waals surface area contributed by atoms with Crippen LogP contribution in [0.4, 0.5) is 0 Å². The monoisotopic (exact) mass is 296 g/mol. The fraction of sp³-hybridized carbons (Fsp3) is 0.217. The number of hydrogen-bond donors (Lipinski definition) is 0. The highest BCUT2D eigenvalue weighted by molar-refractivity contribution is 5.89. The van der Waals surface area contributed by atoms with E-state index in [0.717, 1.165) is 6.42 Å². The van der Waals surface area contributed by atoms with Crippen LogP contribution in [0.2, 0.25) is 0 Å². The maximum absolute atomic E-state index is 2.49. The molecule has 0 saturated carbocycles. The van der Waals surface area contributed by atoms with Crippen LogP contribution in [-0.2, 0) is 0 Å². The standard InChI is InChI=1S/C23H20/c1-2-9-16(8-1)18-14-7-15-21-19-12-5-6-13-20(19)22(23(18)21)17-10-3-4-11-17/h1,5-10,12-15,22H,2-4,11H2. The third kappa shape index (κ3) is 1.91. The normalized spacial score (nSPS) is 21.1. The van der Waals surface area contributed by atoms with Crippen molar-refractivity contribution in [3.8, 4) is 11.1 Å². The van der Waals surface area contributed by atoms with Gasteiger partial charge in [0.15, 0.2) is 0 Å². The summed E-state index contributed by atoms with van der Waals surface area (Å²) in [6.07, 6.45) is 14.3. The molecule has 0 aromatic heterocycles. The predicted molar refractivity (Wildman–Crippen MR) is 97.4 cm³/mol. The van der Waals surface area contributed by atoms with Crippen molar-refractivity contribution in [2.45, 2.75) is 31.6 Å². The summed E-state index contributed by atoms with van der Waals surface area (Å²) in [4.78, 5) is 0. The Balaban J connectivity index is 1.79. The fourth-order valence-corrected chi connectivity index (χ4v) is 4.51. The minimum Gasteiger partial charge on any atom is -0.0844 e. The van der Waals surface area contributed by atoms with Crippen molar-refractivity contribution in [1.29, 1.82) is 0 Å². The van der Waals surface area contributed by atoms with E-state index in [1.165, 1.54) is 47.1 Å². The summed E-state index contributed by atoms with van der Waals surface area (Å²) < 4.78 is 0. The Morgan fingerprint density at radius 3 is 2.52 bits per heavy atom. The van der Waals surface area contributed by atoms with Gasteiger partial charge in [-0.05, 0) is 59.1 Å². The molecule has 0 fully saturated rings. The molecule has 1 unspecified atom stereocenters. The molecule has 0 radical (unpaired) electrons. The molecule has 0 heterocycles. The van der Waals surface area contributed by atoms with Gasteiger partial charge in [0.05, 0.1) is 0 Å². The highest BCUT2D eigenvalue weighted by atomic mass is 14.4. The summed E-state index contributed by atoms with van der Waals surface area (Å²) in [6, 6.07) is 15.9. The van der Waals surface area contributed by atoms with Crippen molar-refractivity contribution in [2.75, 3.05) is 0 Å². The lowest BCUT2D eigenvalue weighted by atomic mass is 9.84. The molecular weight excluding hydrogens is 276 g/mol. The third-order valence-corrected chi connectivity index (χ3v) is 5.49. The van der Waals surface area contributed by atoms with Gasteiger partial charge in [-0.25, -0.2) is 0 Å². The Hall–Kier alpha value is -2.34. The topological polar surface area (TPSA) is 0 Å². The third-order valence-electron chi connectivity index (χ3n) is 5.49. The molecule has 0 spiro atoms. The lowest BCUT2D eigenvalue weighted by molar-refractivity contribution is 0.848. The van der Waals surface area contributed by atoms with Crippen LogP contribution in [0, 0.1) is 0 Å². The molecule has 0 saturated heterocycles. The zero-order valence-electron chi connectivity index (χ0n) is 13.3. The lowest BCUT2D eigenvalue weighted by Crippen LogP contribution is -2.02. The Kier molecular flexibility index (Phi) is 2.91. The predicted octanol–water partition coefficient (Wildman–Crippen LogP) is 6.25. The second-order valence-electron chi connectivity index (χ2n) is 6.76. The van der Waals surface area contributed by atoms with Crippen LogP contribution in [0.25, 0.3) is 16.7 Å². The molecule has 0 amide bonds. The summed E-state index contributed by atoms with van der Waals surface area (Å²) >= 11 is 0. The summed E-state index contributed by atoms with van der Waals surface area (Å²) in [5.41, 5.74) is 10.4. The summed E-state index contributed by atoms with van der Waals surface area (Å²) in [6.45, 7) is 0. The van der Waals surface area contributed by atoms with E-state index in [9.17, 15) is 0 Å². The van der Waals surface area contributed by atoms with Crippen molar-refractivity contribution in [3.63, 3.8) is 0 Å². The van der Waals surface area contributed by atoms with Gasteiger partial charge in [-0.1, -0.05) is 72.3 Å². The largest absolute Gasteiger partial charge is 0.0844 e. The number of benzene rings is 2. The molecule has 3 aliphatic rings. The number of fused-ring (bicyclic) bond motifs is 3. The maximum Gasteiger partial charge on any atom is 0.0317 e. The zero-order valence-corrected chi connectivity index (χ0v) is 13.3. The van der Waals surface area contributed by atoms with Gasteiger partial charge >= 0.3 is 0 Å². The Bertz CT molecular complexity index is 877. The molecule has 0 aliphatic heterocycles. The average Bonchev–Trinajstić information content (AvgIpc) is 3.33. The minimum atomic E-state index is 0.467. The SMILES string of the molecule is C1=CC(c2cccc3c2C(C2=CCCC2)c2ccccc2-3)=CC1. The summed E-state index contributed by atoms with van der Waals surface area (Å²) in [5.74, 6) is 0.467. The average molecular weight is 296 g/mol. The van der Waals surface area contributed by atoms with E-state index in [1.54, 1.807) is 11.1 Å². The van der Waals surface area contributed by atoms with Crippen LogP contribution in [-0.4, -0.2) is 0 Å². The Labute approximate surface area is 137 Å². The van der Waals surface area contributed by atoms with Gasteiger partial charge in [0.1, 0.15) is 0 Å². The van der Waals surface area contributed by atoms with Crippen LogP contribution in [0.1, 0.15) is 48.3 Å². The molecule has 2 aromatic carbocycles. The molecule has 0 bridgehead atoms. The zero-order chi connectivity index (χ0) is 15.2. The molecule has 112 valence electrons. The number of hydrogen-bond acceptors (Lipinski definition) is 0. The maximum atomic E-state index is 2.49. The molecule has 0 nitrogen and oxygen atoms in total. The molecule has 5 rings (SSSR count). The first-order valence-corrected chi connectivity index (χ1v) is 8.72. The molecular formula is C23H20. The van der Waals surface area contributed by atoms with Crippen molar-refractivity contribution in [3.05, 3.63) is 89.0 Å². The van der Waals surface area contributed by atoms with Gasteiger partial charge in [0, 0.05) is 5.92 Å². The van der Waals surface area contributed by atoms with Crippen LogP contribution in [0.3, 0.4) is 0 Å². The summed E-state index contributed by atoms with van der Waals surface area (Å²) in [5, 5.41) is 0. The first-order valence-electron chi connectivity index (χ1n) is 8.72. The number of allylic oxidation sites excluding steroid dienone is 6. The quantitative estimate of drug-likeness (QED) is 0.574. The van der Waals surface area contributed by atoms with Gasteiger partial charge < -0.3 is 0 Å². The van der Waals surface area contributed by atoms with Gasteiger partial charge in [0.2, 0.25) is 0 Å². The van der Waals surface area contributed by atoms with Crippen LogP contribution < -0.4 is 0 Å². The molecule has 0 heteroatoms. The van der Waals surface area contributed by atoms with E-state index in [1.807, 2.05) is 0 Å². The number of rotatable bonds is 2. The van der Waals surface area contributed by atoms with Gasteiger partial charge in [0.25, 0.3) is 0 Å².